The molecule has 1 fully saturated rings. The molecule has 0 atom stereocenters. The van der Waals surface area contributed by atoms with Gasteiger partial charge in [-0.05, 0) is 51.3 Å². The minimum Gasteiger partial charge on any atom is -0.336 e. The first-order valence-electron chi connectivity index (χ1n) is 9.39. The van der Waals surface area contributed by atoms with Crippen LogP contribution in [0.5, 0.6) is 0 Å². The summed E-state index contributed by atoms with van der Waals surface area (Å²) in [7, 11) is -3.90. The van der Waals surface area contributed by atoms with Crippen molar-refractivity contribution in [2.24, 2.45) is 0 Å². The van der Waals surface area contributed by atoms with Crippen LogP contribution in [0.2, 0.25) is 0 Å². The molecule has 5 nitrogen and oxygen atoms in total. The summed E-state index contributed by atoms with van der Waals surface area (Å²) in [5, 5.41) is 0. The number of rotatable bonds is 8. The van der Waals surface area contributed by atoms with Crippen molar-refractivity contribution in [3.63, 3.8) is 0 Å². The summed E-state index contributed by atoms with van der Waals surface area (Å²) in [5.41, 5.74) is 0.217. The minimum atomic E-state index is -3.90. The zero-order chi connectivity index (χ0) is 19.3. The van der Waals surface area contributed by atoms with Gasteiger partial charge in [-0.15, -0.1) is 0 Å². The van der Waals surface area contributed by atoms with Crippen LogP contribution in [0.25, 0.3) is 0 Å². The quantitative estimate of drug-likeness (QED) is 0.643. The number of carbonyl (C=O) groups is 1. The number of unbranched alkanes of at least 4 members (excludes halogenated alkanes) is 2. The topological polar surface area (TPSA) is 57.7 Å². The Hall–Kier alpha value is -1.47. The van der Waals surface area contributed by atoms with E-state index in [0.717, 1.165) is 38.2 Å². The van der Waals surface area contributed by atoms with Gasteiger partial charge in [0, 0.05) is 31.2 Å². The summed E-state index contributed by atoms with van der Waals surface area (Å²) in [4.78, 5) is 14.2. The maximum Gasteiger partial charge on any atom is 0.254 e. The predicted molar refractivity (Wildman–Crippen MR) is 100 cm³/mol. The van der Waals surface area contributed by atoms with Crippen molar-refractivity contribution in [1.82, 2.24) is 9.21 Å². The van der Waals surface area contributed by atoms with Crippen LogP contribution in [0.3, 0.4) is 0 Å². The third-order valence-electron chi connectivity index (χ3n) is 4.75. The second kappa shape index (κ2) is 8.95. The molecule has 1 aliphatic rings. The van der Waals surface area contributed by atoms with E-state index in [9.17, 15) is 17.6 Å². The Morgan fingerprint density at radius 1 is 1.23 bits per heavy atom. The maximum absolute atomic E-state index is 14.3. The first-order valence-corrected chi connectivity index (χ1v) is 10.8. The van der Waals surface area contributed by atoms with Crippen molar-refractivity contribution in [3.8, 4) is 0 Å². The standard InChI is InChI=1S/C19H29FN2O3S/c1-4-5-6-13-22(15(2)3)19(23)16-9-10-17(20)18(14-16)26(24,25)21-11-7-8-12-21/h9-10,14-15H,4-8,11-13H2,1-3H3. The van der Waals surface area contributed by atoms with Crippen LogP contribution in [-0.2, 0) is 10.0 Å². The van der Waals surface area contributed by atoms with Gasteiger partial charge in [0.05, 0.1) is 0 Å². The monoisotopic (exact) mass is 384 g/mol. The van der Waals surface area contributed by atoms with Crippen LogP contribution >= 0.6 is 0 Å². The fraction of sp³-hybridized carbons (Fsp3) is 0.632. The number of halogens is 1. The minimum absolute atomic E-state index is 0.0111. The molecule has 1 amide bonds. The summed E-state index contributed by atoms with van der Waals surface area (Å²) < 4.78 is 41.0. The van der Waals surface area contributed by atoms with E-state index in [0.29, 0.717) is 19.6 Å². The van der Waals surface area contributed by atoms with Gasteiger partial charge in [0.25, 0.3) is 5.91 Å². The van der Waals surface area contributed by atoms with E-state index in [1.165, 1.54) is 16.4 Å². The first-order chi connectivity index (χ1) is 12.3. The van der Waals surface area contributed by atoms with Crippen LogP contribution < -0.4 is 0 Å². The molecule has 0 aromatic heterocycles. The Labute approximate surface area is 156 Å². The van der Waals surface area contributed by atoms with Gasteiger partial charge in [-0.1, -0.05) is 19.8 Å². The summed E-state index contributed by atoms with van der Waals surface area (Å²) in [6, 6.07) is 3.64. The smallest absolute Gasteiger partial charge is 0.254 e. The number of sulfonamides is 1. The van der Waals surface area contributed by atoms with E-state index in [4.69, 9.17) is 0 Å². The van der Waals surface area contributed by atoms with Crippen LogP contribution in [0, 0.1) is 5.82 Å². The van der Waals surface area contributed by atoms with E-state index in [1.54, 1.807) is 4.90 Å². The number of amides is 1. The van der Waals surface area contributed by atoms with E-state index in [2.05, 4.69) is 6.92 Å². The van der Waals surface area contributed by atoms with Crippen LogP contribution in [0.4, 0.5) is 4.39 Å². The first kappa shape index (κ1) is 20.8. The van der Waals surface area contributed by atoms with E-state index >= 15 is 0 Å². The van der Waals surface area contributed by atoms with Gasteiger partial charge in [0.2, 0.25) is 10.0 Å². The highest BCUT2D eigenvalue weighted by Crippen LogP contribution is 2.25. The lowest BCUT2D eigenvalue weighted by atomic mass is 10.1. The van der Waals surface area contributed by atoms with Crippen LogP contribution in [0.15, 0.2) is 23.1 Å². The second-order valence-electron chi connectivity index (χ2n) is 7.06. The molecule has 0 aliphatic carbocycles. The molecule has 1 aromatic carbocycles. The van der Waals surface area contributed by atoms with Crippen LogP contribution in [-0.4, -0.2) is 49.2 Å². The summed E-state index contributed by atoms with van der Waals surface area (Å²) in [6.07, 6.45) is 4.51. The van der Waals surface area contributed by atoms with Crippen molar-refractivity contribution in [2.45, 2.75) is 63.8 Å². The van der Waals surface area contributed by atoms with Crippen LogP contribution in [0.1, 0.15) is 63.2 Å². The molecule has 0 radical (unpaired) electrons. The van der Waals surface area contributed by atoms with Gasteiger partial charge in [0.15, 0.2) is 0 Å². The molecule has 0 spiro atoms. The van der Waals surface area contributed by atoms with E-state index in [-0.39, 0.29) is 17.5 Å². The molecule has 1 aliphatic heterocycles. The van der Waals surface area contributed by atoms with Gasteiger partial charge < -0.3 is 4.90 Å². The average Bonchev–Trinajstić information content (AvgIpc) is 3.13. The Bertz CT molecular complexity index is 728. The van der Waals surface area contributed by atoms with Crippen molar-refractivity contribution in [3.05, 3.63) is 29.6 Å². The Morgan fingerprint density at radius 2 is 1.88 bits per heavy atom. The number of carbonyl (C=O) groups excluding carboxylic acids is 1. The zero-order valence-corrected chi connectivity index (χ0v) is 16.7. The molecule has 1 saturated heterocycles. The molecule has 146 valence electrons. The van der Waals surface area contributed by atoms with Crippen molar-refractivity contribution >= 4 is 15.9 Å². The molecular formula is C19H29FN2O3S. The lowest BCUT2D eigenvalue weighted by Crippen LogP contribution is -2.38. The average molecular weight is 385 g/mol. The molecule has 0 N–H and O–H groups in total. The molecule has 1 heterocycles. The van der Waals surface area contributed by atoms with Crippen molar-refractivity contribution in [2.75, 3.05) is 19.6 Å². The number of hydrogen-bond donors (Lipinski definition) is 0. The largest absolute Gasteiger partial charge is 0.336 e. The summed E-state index contributed by atoms with van der Waals surface area (Å²) in [5.74, 6) is -1.07. The third-order valence-corrected chi connectivity index (χ3v) is 6.66. The molecule has 0 unspecified atom stereocenters. The van der Waals surface area contributed by atoms with Gasteiger partial charge in [-0.3, -0.25) is 4.79 Å². The molecule has 7 heteroatoms. The molecule has 0 bridgehead atoms. The van der Waals surface area contributed by atoms with Gasteiger partial charge >= 0.3 is 0 Å². The maximum atomic E-state index is 14.3. The third kappa shape index (κ3) is 4.62. The molecule has 26 heavy (non-hydrogen) atoms. The molecular weight excluding hydrogens is 355 g/mol. The lowest BCUT2D eigenvalue weighted by Gasteiger charge is -2.27. The highest BCUT2D eigenvalue weighted by atomic mass is 32.2. The van der Waals surface area contributed by atoms with Gasteiger partial charge in [-0.2, -0.15) is 4.31 Å². The Morgan fingerprint density at radius 3 is 2.46 bits per heavy atom. The SMILES string of the molecule is CCCCCN(C(=O)c1ccc(F)c(S(=O)(=O)N2CCCC2)c1)C(C)C. The van der Waals surface area contributed by atoms with E-state index in [1.807, 2.05) is 13.8 Å². The fourth-order valence-electron chi connectivity index (χ4n) is 3.19. The molecule has 1 aromatic rings. The summed E-state index contributed by atoms with van der Waals surface area (Å²) in [6.45, 7) is 7.35. The number of hydrogen-bond acceptors (Lipinski definition) is 3. The lowest BCUT2D eigenvalue weighted by molar-refractivity contribution is 0.0702. The number of nitrogens with zero attached hydrogens (tertiary/aromatic N) is 2. The van der Waals surface area contributed by atoms with Crippen molar-refractivity contribution in [1.29, 1.82) is 0 Å². The van der Waals surface area contributed by atoms with Gasteiger partial charge in [0.1, 0.15) is 10.7 Å². The van der Waals surface area contributed by atoms with Crippen molar-refractivity contribution < 1.29 is 17.6 Å². The highest BCUT2D eigenvalue weighted by Gasteiger charge is 2.31. The zero-order valence-electron chi connectivity index (χ0n) is 15.9. The normalized spacial score (nSPS) is 15.6. The Balaban J connectivity index is 2.31. The fourth-order valence-corrected chi connectivity index (χ4v) is 4.80. The number of benzene rings is 1. The molecule has 2 rings (SSSR count). The van der Waals surface area contributed by atoms with Gasteiger partial charge in [-0.25, -0.2) is 12.8 Å². The van der Waals surface area contributed by atoms with E-state index < -0.39 is 20.7 Å². The highest BCUT2D eigenvalue weighted by molar-refractivity contribution is 7.89. The predicted octanol–water partition coefficient (Wildman–Crippen LogP) is 3.65. The second-order valence-corrected chi connectivity index (χ2v) is 8.96. The summed E-state index contributed by atoms with van der Waals surface area (Å²) >= 11 is 0. The Kier molecular flexibility index (Phi) is 7.17. The molecule has 0 saturated carbocycles.